The van der Waals surface area contributed by atoms with Crippen molar-refractivity contribution in [3.05, 3.63) is 12.2 Å². The van der Waals surface area contributed by atoms with Gasteiger partial charge in [-0.15, -0.1) is 0 Å². The minimum Gasteiger partial charge on any atom is -0.375 e. The summed E-state index contributed by atoms with van der Waals surface area (Å²) in [5, 5.41) is 0. The largest absolute Gasteiger partial charge is 0.375 e. The van der Waals surface area contributed by atoms with Gasteiger partial charge in [0.1, 0.15) is 0 Å². The number of nitrogens with zero attached hydrogens (tertiary/aromatic N) is 2. The van der Waals surface area contributed by atoms with Crippen LogP contribution in [0.25, 0.3) is 0 Å². The van der Waals surface area contributed by atoms with Gasteiger partial charge < -0.3 is 14.5 Å². The van der Waals surface area contributed by atoms with Crippen LogP contribution in [-0.2, 0) is 14.3 Å². The number of likely N-dealkylation sites (tertiary alicyclic amines) is 2. The monoisotopic (exact) mass is 366 g/mol. The highest BCUT2D eigenvalue weighted by Gasteiger charge is 2.28. The number of rotatable bonds is 5. The Balaban J connectivity index is 0.00000163. The van der Waals surface area contributed by atoms with Crippen LogP contribution in [0.2, 0.25) is 0 Å². The lowest BCUT2D eigenvalue weighted by Crippen LogP contribution is -2.45. The van der Waals surface area contributed by atoms with Gasteiger partial charge in [-0.25, -0.2) is 0 Å². The first-order valence-electron chi connectivity index (χ1n) is 10.4. The molecule has 2 heterocycles. The maximum atomic E-state index is 12.0. The standard InChI is InChI=1S/C19H32N2O3.C2H6/c1-4-5-6-18(22)20-11-7-16(8-12-20)24-17-9-13-21(14-10-17)19(23)15(2)3;1-2/h5-6,15-17H,4,7-14H2,1-3H3;1-2H3/b6-5+;. The van der Waals surface area contributed by atoms with Gasteiger partial charge in [-0.1, -0.05) is 40.7 Å². The van der Waals surface area contributed by atoms with Gasteiger partial charge >= 0.3 is 0 Å². The van der Waals surface area contributed by atoms with Gasteiger partial charge in [0.05, 0.1) is 12.2 Å². The molecule has 0 aromatic rings. The number of carbonyl (C=O) groups excluding carboxylic acids is 2. The van der Waals surface area contributed by atoms with E-state index < -0.39 is 0 Å². The summed E-state index contributed by atoms with van der Waals surface area (Å²) < 4.78 is 6.24. The summed E-state index contributed by atoms with van der Waals surface area (Å²) in [5.74, 6) is 0.447. The van der Waals surface area contributed by atoms with E-state index in [1.807, 2.05) is 50.5 Å². The van der Waals surface area contributed by atoms with Crippen molar-refractivity contribution in [2.75, 3.05) is 26.2 Å². The topological polar surface area (TPSA) is 49.9 Å². The molecule has 2 saturated heterocycles. The smallest absolute Gasteiger partial charge is 0.246 e. The van der Waals surface area contributed by atoms with Crippen LogP contribution in [-0.4, -0.2) is 60.0 Å². The van der Waals surface area contributed by atoms with Crippen LogP contribution < -0.4 is 0 Å². The van der Waals surface area contributed by atoms with Gasteiger partial charge in [0.2, 0.25) is 11.8 Å². The summed E-state index contributed by atoms with van der Waals surface area (Å²) in [7, 11) is 0. The molecule has 2 aliphatic rings. The summed E-state index contributed by atoms with van der Waals surface area (Å²) in [6, 6.07) is 0. The molecule has 0 spiro atoms. The minimum atomic E-state index is 0.0751. The lowest BCUT2D eigenvalue weighted by molar-refractivity contribution is -0.138. The Hall–Kier alpha value is -1.36. The molecule has 5 nitrogen and oxygen atoms in total. The van der Waals surface area contributed by atoms with Crippen LogP contribution in [0.4, 0.5) is 0 Å². The predicted molar refractivity (Wildman–Crippen MR) is 106 cm³/mol. The zero-order valence-corrected chi connectivity index (χ0v) is 17.4. The Bertz CT molecular complexity index is 446. The SMILES string of the molecule is CC.CC/C=C/C(=O)N1CCC(OC2CCN(C(=O)C(C)C)CC2)CC1. The van der Waals surface area contributed by atoms with Gasteiger partial charge in [-0.05, 0) is 38.2 Å². The van der Waals surface area contributed by atoms with E-state index in [0.717, 1.165) is 58.3 Å². The first-order chi connectivity index (χ1) is 12.5. The maximum absolute atomic E-state index is 12.0. The molecule has 150 valence electrons. The lowest BCUT2D eigenvalue weighted by Gasteiger charge is -2.37. The average molecular weight is 367 g/mol. The Morgan fingerprint density at radius 3 is 1.85 bits per heavy atom. The van der Waals surface area contributed by atoms with Crippen molar-refractivity contribution < 1.29 is 14.3 Å². The zero-order valence-electron chi connectivity index (χ0n) is 17.4. The average Bonchev–Trinajstić information content (AvgIpc) is 2.68. The second-order valence-corrected chi connectivity index (χ2v) is 7.15. The Morgan fingerprint density at radius 1 is 0.962 bits per heavy atom. The van der Waals surface area contributed by atoms with E-state index in [1.54, 1.807) is 6.08 Å². The van der Waals surface area contributed by atoms with Crippen LogP contribution in [0, 0.1) is 5.92 Å². The van der Waals surface area contributed by atoms with Gasteiger partial charge in [-0.2, -0.15) is 0 Å². The van der Waals surface area contributed by atoms with Crippen molar-refractivity contribution in [1.82, 2.24) is 9.80 Å². The predicted octanol–water partition coefficient (Wildman–Crippen LogP) is 3.63. The molecule has 26 heavy (non-hydrogen) atoms. The summed E-state index contributed by atoms with van der Waals surface area (Å²) in [6.45, 7) is 13.1. The van der Waals surface area contributed by atoms with E-state index in [-0.39, 0.29) is 29.9 Å². The van der Waals surface area contributed by atoms with E-state index in [4.69, 9.17) is 4.74 Å². The molecular weight excluding hydrogens is 328 g/mol. The summed E-state index contributed by atoms with van der Waals surface area (Å²) in [5.41, 5.74) is 0. The van der Waals surface area contributed by atoms with Gasteiger partial charge in [0, 0.05) is 32.1 Å². The number of piperidine rings is 2. The number of allylic oxidation sites excluding steroid dienone is 1. The Labute approximate surface area is 159 Å². The van der Waals surface area contributed by atoms with Crippen molar-refractivity contribution in [3.63, 3.8) is 0 Å². The van der Waals surface area contributed by atoms with E-state index in [1.165, 1.54) is 0 Å². The number of hydrogen-bond donors (Lipinski definition) is 0. The molecule has 2 aliphatic heterocycles. The molecule has 0 bridgehead atoms. The zero-order chi connectivity index (χ0) is 19.5. The summed E-state index contributed by atoms with van der Waals surface area (Å²) >= 11 is 0. The van der Waals surface area contributed by atoms with Crippen molar-refractivity contribution in [3.8, 4) is 0 Å². The van der Waals surface area contributed by atoms with Crippen LogP contribution >= 0.6 is 0 Å². The van der Waals surface area contributed by atoms with Gasteiger partial charge in [0.15, 0.2) is 0 Å². The lowest BCUT2D eigenvalue weighted by atomic mass is 10.0. The second kappa shape index (κ2) is 12.1. The highest BCUT2D eigenvalue weighted by atomic mass is 16.5. The van der Waals surface area contributed by atoms with Crippen LogP contribution in [0.1, 0.15) is 66.7 Å². The summed E-state index contributed by atoms with van der Waals surface area (Å²) in [6.07, 6.45) is 8.68. The van der Waals surface area contributed by atoms with E-state index >= 15 is 0 Å². The van der Waals surface area contributed by atoms with Crippen LogP contribution in [0.3, 0.4) is 0 Å². The van der Waals surface area contributed by atoms with Crippen molar-refractivity contribution in [2.24, 2.45) is 5.92 Å². The quantitative estimate of drug-likeness (QED) is 0.698. The molecule has 0 aromatic heterocycles. The molecule has 0 aliphatic carbocycles. The Kier molecular flexibility index (Phi) is 10.6. The molecule has 0 atom stereocenters. The first kappa shape index (κ1) is 22.7. The van der Waals surface area contributed by atoms with E-state index in [9.17, 15) is 9.59 Å². The fourth-order valence-corrected chi connectivity index (χ4v) is 3.39. The molecule has 0 N–H and O–H groups in total. The Morgan fingerprint density at radius 2 is 1.42 bits per heavy atom. The summed E-state index contributed by atoms with van der Waals surface area (Å²) in [4.78, 5) is 27.9. The number of hydrogen-bond acceptors (Lipinski definition) is 3. The van der Waals surface area contributed by atoms with Crippen molar-refractivity contribution in [1.29, 1.82) is 0 Å². The van der Waals surface area contributed by atoms with Crippen LogP contribution in [0.15, 0.2) is 12.2 Å². The van der Waals surface area contributed by atoms with E-state index in [0.29, 0.717) is 0 Å². The van der Waals surface area contributed by atoms with Gasteiger partial charge in [0.25, 0.3) is 0 Å². The molecule has 2 rings (SSSR count). The fourth-order valence-electron chi connectivity index (χ4n) is 3.39. The number of ether oxygens (including phenoxy) is 1. The molecule has 0 saturated carbocycles. The third kappa shape index (κ3) is 7.10. The highest BCUT2D eigenvalue weighted by molar-refractivity contribution is 5.87. The number of carbonyl (C=O) groups is 2. The van der Waals surface area contributed by atoms with Crippen LogP contribution in [0.5, 0.6) is 0 Å². The molecule has 2 amide bonds. The van der Waals surface area contributed by atoms with Gasteiger partial charge in [-0.3, -0.25) is 9.59 Å². The third-order valence-corrected chi connectivity index (χ3v) is 4.88. The molecule has 0 radical (unpaired) electrons. The molecular formula is C21H38N2O3. The third-order valence-electron chi connectivity index (χ3n) is 4.88. The fraction of sp³-hybridized carbons (Fsp3) is 0.810. The number of amides is 2. The molecule has 2 fully saturated rings. The second-order valence-electron chi connectivity index (χ2n) is 7.15. The molecule has 0 unspecified atom stereocenters. The highest BCUT2D eigenvalue weighted by Crippen LogP contribution is 2.22. The minimum absolute atomic E-state index is 0.0751. The molecule has 0 aromatic carbocycles. The maximum Gasteiger partial charge on any atom is 0.246 e. The molecule has 5 heteroatoms. The van der Waals surface area contributed by atoms with Crippen molar-refractivity contribution >= 4 is 11.8 Å². The first-order valence-corrected chi connectivity index (χ1v) is 10.4. The normalized spacial score (nSPS) is 19.6. The van der Waals surface area contributed by atoms with Crippen molar-refractivity contribution in [2.45, 2.75) is 78.9 Å². The van der Waals surface area contributed by atoms with E-state index in [2.05, 4.69) is 0 Å².